The van der Waals surface area contributed by atoms with Crippen molar-refractivity contribution in [1.29, 1.82) is 0 Å². The van der Waals surface area contributed by atoms with E-state index in [1.54, 1.807) is 4.90 Å². The topological polar surface area (TPSA) is 81.9 Å². The summed E-state index contributed by atoms with van der Waals surface area (Å²) in [7, 11) is 0. The van der Waals surface area contributed by atoms with Crippen molar-refractivity contribution < 1.29 is 19.1 Å². The number of ether oxygens (including phenoxy) is 2. The Hall–Kier alpha value is -1.30. The fraction of sp³-hybridized carbons (Fsp3) is 0.882. The number of hydrogen-bond acceptors (Lipinski definition) is 5. The largest absolute Gasteiger partial charge is 0.460 e. The predicted octanol–water partition coefficient (Wildman–Crippen LogP) is 2.69. The molecular formula is C17H32N2O4. The Morgan fingerprint density at radius 3 is 1.96 bits per heavy atom. The van der Waals surface area contributed by atoms with Crippen molar-refractivity contribution >= 4 is 12.1 Å². The molecule has 0 aromatic carbocycles. The Morgan fingerprint density at radius 1 is 1.04 bits per heavy atom. The fourth-order valence-electron chi connectivity index (χ4n) is 2.58. The van der Waals surface area contributed by atoms with Crippen LogP contribution in [-0.2, 0) is 14.3 Å². The van der Waals surface area contributed by atoms with Crippen molar-refractivity contribution in [1.82, 2.24) is 4.90 Å². The van der Waals surface area contributed by atoms with E-state index in [0.29, 0.717) is 13.1 Å². The zero-order valence-corrected chi connectivity index (χ0v) is 15.3. The van der Waals surface area contributed by atoms with E-state index in [1.807, 2.05) is 41.5 Å². The zero-order valence-electron chi connectivity index (χ0n) is 15.3. The highest BCUT2D eigenvalue weighted by molar-refractivity contribution is 5.70. The third-order valence-corrected chi connectivity index (χ3v) is 3.62. The average molecular weight is 328 g/mol. The van der Waals surface area contributed by atoms with E-state index in [-0.39, 0.29) is 30.4 Å². The Bertz CT molecular complexity index is 415. The van der Waals surface area contributed by atoms with E-state index in [1.165, 1.54) is 0 Å². The summed E-state index contributed by atoms with van der Waals surface area (Å²) >= 11 is 0. The molecule has 0 spiro atoms. The van der Waals surface area contributed by atoms with Gasteiger partial charge in [-0.3, -0.25) is 4.79 Å². The molecule has 0 bridgehead atoms. The molecule has 6 heteroatoms. The standard InChI is InChI=1S/C17H32N2O4/c1-16(2,3)22-14(20)11-13(18)12-7-9-19(10-8-12)15(21)23-17(4,5)6/h12-13H,7-11,18H2,1-6H3. The van der Waals surface area contributed by atoms with Gasteiger partial charge in [-0.15, -0.1) is 0 Å². The second-order valence-electron chi connectivity index (χ2n) is 8.26. The Kier molecular flexibility index (Phi) is 6.45. The van der Waals surface area contributed by atoms with Crippen LogP contribution in [0.25, 0.3) is 0 Å². The lowest BCUT2D eigenvalue weighted by molar-refractivity contribution is -0.155. The number of hydrogen-bond donors (Lipinski definition) is 1. The first-order chi connectivity index (χ1) is 10.4. The minimum atomic E-state index is -0.489. The van der Waals surface area contributed by atoms with Crippen molar-refractivity contribution in [2.75, 3.05) is 13.1 Å². The number of amides is 1. The number of esters is 1. The zero-order chi connectivity index (χ0) is 17.8. The summed E-state index contributed by atoms with van der Waals surface area (Å²) in [6.45, 7) is 12.3. The maximum absolute atomic E-state index is 12.0. The van der Waals surface area contributed by atoms with E-state index in [0.717, 1.165) is 12.8 Å². The van der Waals surface area contributed by atoms with Gasteiger partial charge in [-0.2, -0.15) is 0 Å². The molecule has 0 saturated carbocycles. The molecule has 1 saturated heterocycles. The van der Waals surface area contributed by atoms with Gasteiger partial charge in [0.1, 0.15) is 11.2 Å². The summed E-state index contributed by atoms with van der Waals surface area (Å²) in [6, 6.07) is -0.231. The lowest BCUT2D eigenvalue weighted by Crippen LogP contribution is -2.46. The van der Waals surface area contributed by atoms with Gasteiger partial charge in [-0.05, 0) is 60.3 Å². The van der Waals surface area contributed by atoms with Gasteiger partial charge < -0.3 is 20.1 Å². The SMILES string of the molecule is CC(C)(C)OC(=O)CC(N)C1CCN(C(=O)OC(C)(C)C)CC1. The number of rotatable bonds is 3. The number of likely N-dealkylation sites (tertiary alicyclic amines) is 1. The molecule has 1 atom stereocenters. The normalized spacial score (nSPS) is 18.5. The van der Waals surface area contributed by atoms with Crippen LogP contribution in [0.2, 0.25) is 0 Å². The minimum Gasteiger partial charge on any atom is -0.460 e. The van der Waals surface area contributed by atoms with Crippen molar-refractivity contribution in [3.05, 3.63) is 0 Å². The monoisotopic (exact) mass is 328 g/mol. The van der Waals surface area contributed by atoms with Crippen LogP contribution in [0, 0.1) is 5.92 Å². The summed E-state index contributed by atoms with van der Waals surface area (Å²) in [5.41, 5.74) is 5.18. The first-order valence-electron chi connectivity index (χ1n) is 8.33. The van der Waals surface area contributed by atoms with E-state index in [4.69, 9.17) is 15.2 Å². The lowest BCUT2D eigenvalue weighted by Gasteiger charge is -2.35. The number of carbonyl (C=O) groups excluding carboxylic acids is 2. The molecule has 1 unspecified atom stereocenters. The third-order valence-electron chi connectivity index (χ3n) is 3.62. The van der Waals surface area contributed by atoms with Gasteiger partial charge in [-0.1, -0.05) is 0 Å². The summed E-state index contributed by atoms with van der Waals surface area (Å²) < 4.78 is 10.7. The maximum Gasteiger partial charge on any atom is 0.410 e. The minimum absolute atomic E-state index is 0.217. The highest BCUT2D eigenvalue weighted by Crippen LogP contribution is 2.23. The molecule has 1 amide bonds. The van der Waals surface area contributed by atoms with Crippen LogP contribution in [-0.4, -0.2) is 47.3 Å². The van der Waals surface area contributed by atoms with E-state index in [2.05, 4.69) is 0 Å². The van der Waals surface area contributed by atoms with Crippen LogP contribution in [0.3, 0.4) is 0 Å². The van der Waals surface area contributed by atoms with Crippen LogP contribution in [0.1, 0.15) is 60.8 Å². The van der Waals surface area contributed by atoms with Gasteiger partial charge in [0.25, 0.3) is 0 Å². The quantitative estimate of drug-likeness (QED) is 0.806. The molecule has 0 aromatic heterocycles. The predicted molar refractivity (Wildman–Crippen MR) is 89.0 cm³/mol. The number of nitrogens with zero attached hydrogens (tertiary/aromatic N) is 1. The maximum atomic E-state index is 12.0. The molecule has 1 rings (SSSR count). The molecular weight excluding hydrogens is 296 g/mol. The average Bonchev–Trinajstić information content (AvgIpc) is 2.34. The smallest absolute Gasteiger partial charge is 0.410 e. The van der Waals surface area contributed by atoms with Gasteiger partial charge in [-0.25, -0.2) is 4.79 Å². The summed E-state index contributed by atoms with van der Waals surface area (Å²) in [5, 5.41) is 0. The molecule has 0 radical (unpaired) electrons. The van der Waals surface area contributed by atoms with Gasteiger partial charge in [0.2, 0.25) is 0 Å². The second-order valence-corrected chi connectivity index (χ2v) is 8.26. The van der Waals surface area contributed by atoms with E-state index >= 15 is 0 Å². The fourth-order valence-corrected chi connectivity index (χ4v) is 2.58. The van der Waals surface area contributed by atoms with E-state index in [9.17, 15) is 9.59 Å². The second kappa shape index (κ2) is 7.51. The van der Waals surface area contributed by atoms with Crippen molar-refractivity contribution in [3.63, 3.8) is 0 Å². The van der Waals surface area contributed by atoms with Gasteiger partial charge in [0.15, 0.2) is 0 Å². The van der Waals surface area contributed by atoms with Crippen LogP contribution >= 0.6 is 0 Å². The molecule has 0 aromatic rings. The number of piperidine rings is 1. The molecule has 1 fully saturated rings. The van der Waals surface area contributed by atoms with Crippen LogP contribution in [0.5, 0.6) is 0 Å². The Balaban J connectivity index is 2.40. The molecule has 1 aliphatic rings. The van der Waals surface area contributed by atoms with Gasteiger partial charge >= 0.3 is 12.1 Å². The summed E-state index contributed by atoms with van der Waals surface area (Å²) in [4.78, 5) is 25.6. The first kappa shape index (κ1) is 19.7. The van der Waals surface area contributed by atoms with Crippen molar-refractivity contribution in [2.24, 2.45) is 11.7 Å². The molecule has 1 aliphatic heterocycles. The lowest BCUT2D eigenvalue weighted by atomic mass is 9.88. The van der Waals surface area contributed by atoms with E-state index < -0.39 is 11.2 Å². The Labute approximate surface area is 139 Å². The van der Waals surface area contributed by atoms with Crippen molar-refractivity contribution in [3.8, 4) is 0 Å². The number of nitrogens with two attached hydrogens (primary N) is 1. The molecule has 0 aliphatic carbocycles. The van der Waals surface area contributed by atoms with Crippen LogP contribution in [0.4, 0.5) is 4.79 Å². The summed E-state index contributed by atoms with van der Waals surface area (Å²) in [5.74, 6) is -0.0409. The van der Waals surface area contributed by atoms with Gasteiger partial charge in [0, 0.05) is 19.1 Å². The molecule has 134 valence electrons. The molecule has 1 heterocycles. The van der Waals surface area contributed by atoms with Crippen molar-refractivity contribution in [2.45, 2.75) is 78.0 Å². The third kappa shape index (κ3) is 7.68. The van der Waals surface area contributed by atoms with Gasteiger partial charge in [0.05, 0.1) is 6.42 Å². The van der Waals surface area contributed by atoms with Crippen LogP contribution in [0.15, 0.2) is 0 Å². The molecule has 2 N–H and O–H groups in total. The first-order valence-corrected chi connectivity index (χ1v) is 8.33. The van der Waals surface area contributed by atoms with Crippen LogP contribution < -0.4 is 5.73 Å². The Morgan fingerprint density at radius 2 is 1.52 bits per heavy atom. The molecule has 23 heavy (non-hydrogen) atoms. The summed E-state index contributed by atoms with van der Waals surface area (Å²) in [6.07, 6.45) is 1.50. The number of carbonyl (C=O) groups is 2. The molecule has 6 nitrogen and oxygen atoms in total. The highest BCUT2D eigenvalue weighted by Gasteiger charge is 2.30. The highest BCUT2D eigenvalue weighted by atomic mass is 16.6.